The highest BCUT2D eigenvalue weighted by Crippen LogP contribution is 2.44. The quantitative estimate of drug-likeness (QED) is 0.819. The molecular weight excluding hydrogens is 344 g/mol. The van der Waals surface area contributed by atoms with Crippen LogP contribution in [0, 0.1) is 5.92 Å². The van der Waals surface area contributed by atoms with Crippen molar-refractivity contribution in [1.29, 1.82) is 0 Å². The molecule has 0 aromatic carbocycles. The smallest absolute Gasteiger partial charge is 0.274 e. The summed E-state index contributed by atoms with van der Waals surface area (Å²) in [6.45, 7) is 6.38. The Morgan fingerprint density at radius 2 is 2.15 bits per heavy atom. The van der Waals surface area contributed by atoms with E-state index in [4.69, 9.17) is 19.3 Å². The van der Waals surface area contributed by atoms with E-state index >= 15 is 0 Å². The summed E-state index contributed by atoms with van der Waals surface area (Å²) in [5.41, 5.74) is 0.732. The van der Waals surface area contributed by atoms with Crippen LogP contribution < -0.4 is 5.01 Å². The van der Waals surface area contributed by atoms with Gasteiger partial charge in [0.1, 0.15) is 5.71 Å². The third-order valence-corrected chi connectivity index (χ3v) is 6.22. The summed E-state index contributed by atoms with van der Waals surface area (Å²) >= 11 is 0. The highest BCUT2D eigenvalue weighted by atomic mass is 16.5. The molecule has 3 aliphatic rings. The van der Waals surface area contributed by atoms with Gasteiger partial charge in [0.25, 0.3) is 5.89 Å². The molecule has 0 amide bonds. The summed E-state index contributed by atoms with van der Waals surface area (Å²) in [5, 5.41) is 11.1. The van der Waals surface area contributed by atoms with Crippen molar-refractivity contribution in [2.75, 3.05) is 5.01 Å². The van der Waals surface area contributed by atoms with Crippen molar-refractivity contribution < 1.29 is 9.26 Å². The van der Waals surface area contributed by atoms with Gasteiger partial charge in [-0.1, -0.05) is 25.9 Å². The number of hydrazone groups is 1. The fourth-order valence-electron chi connectivity index (χ4n) is 4.27. The Labute approximate surface area is 158 Å². The molecule has 0 saturated carbocycles. The van der Waals surface area contributed by atoms with Crippen molar-refractivity contribution in [2.45, 2.75) is 70.1 Å². The lowest BCUT2D eigenvalue weighted by atomic mass is 9.86. The highest BCUT2D eigenvalue weighted by molar-refractivity contribution is 6.01. The standard InChI is InChI=1S/C19H24N6O2/c1-4-19(2,3)18-22-17(27-24-18)15-12-9-11-5-6-13(26-11)16(12)25(23-15)14-10-20-7-8-21-14/h7-8,10-13,16H,4-6,9H2,1-3H3. The molecule has 2 fully saturated rings. The lowest BCUT2D eigenvalue weighted by Crippen LogP contribution is -2.47. The van der Waals surface area contributed by atoms with Crippen LogP contribution in [0.2, 0.25) is 0 Å². The summed E-state index contributed by atoms with van der Waals surface area (Å²) in [5.74, 6) is 2.18. The number of aromatic nitrogens is 4. The van der Waals surface area contributed by atoms with E-state index in [0.29, 0.717) is 5.89 Å². The molecule has 4 unspecified atom stereocenters. The van der Waals surface area contributed by atoms with Gasteiger partial charge in [-0.2, -0.15) is 10.1 Å². The third kappa shape index (κ3) is 2.65. The molecule has 2 bridgehead atoms. The second kappa shape index (κ2) is 6.09. The Bertz CT molecular complexity index is 864. The molecule has 27 heavy (non-hydrogen) atoms. The SMILES string of the molecule is CCC(C)(C)c1noc(C2=NN(c3cnccn3)C3C4CCC(CC23)O4)n1. The maximum atomic E-state index is 6.19. The van der Waals surface area contributed by atoms with Crippen LogP contribution in [0.15, 0.2) is 28.2 Å². The van der Waals surface area contributed by atoms with Crippen LogP contribution in [0.4, 0.5) is 5.82 Å². The predicted molar refractivity (Wildman–Crippen MR) is 98.5 cm³/mol. The van der Waals surface area contributed by atoms with Crippen LogP contribution in [0.1, 0.15) is 58.2 Å². The normalized spacial score (nSPS) is 29.7. The Hall–Kier alpha value is -2.35. The minimum atomic E-state index is -0.125. The van der Waals surface area contributed by atoms with Gasteiger partial charge < -0.3 is 9.26 Å². The zero-order valence-corrected chi connectivity index (χ0v) is 15.9. The van der Waals surface area contributed by atoms with Crippen molar-refractivity contribution in [3.05, 3.63) is 30.3 Å². The summed E-state index contributed by atoms with van der Waals surface area (Å²) in [7, 11) is 0. The van der Waals surface area contributed by atoms with E-state index in [1.165, 1.54) is 0 Å². The second-order valence-corrected chi connectivity index (χ2v) is 8.26. The molecule has 0 radical (unpaired) electrons. The van der Waals surface area contributed by atoms with Crippen molar-refractivity contribution in [3.63, 3.8) is 0 Å². The number of hydrogen-bond acceptors (Lipinski definition) is 8. The van der Waals surface area contributed by atoms with Crippen LogP contribution >= 0.6 is 0 Å². The molecule has 3 aliphatic heterocycles. The fraction of sp³-hybridized carbons (Fsp3) is 0.632. The van der Waals surface area contributed by atoms with E-state index in [1.807, 2.05) is 5.01 Å². The minimum absolute atomic E-state index is 0.102. The molecule has 142 valence electrons. The predicted octanol–water partition coefficient (Wildman–Crippen LogP) is 2.71. The molecule has 8 heteroatoms. The average molecular weight is 368 g/mol. The van der Waals surface area contributed by atoms with E-state index in [2.05, 4.69) is 35.9 Å². The van der Waals surface area contributed by atoms with Crippen molar-refractivity contribution in [2.24, 2.45) is 11.0 Å². The van der Waals surface area contributed by atoms with Gasteiger partial charge >= 0.3 is 0 Å². The van der Waals surface area contributed by atoms with Crippen molar-refractivity contribution >= 4 is 11.5 Å². The van der Waals surface area contributed by atoms with Gasteiger partial charge in [0.05, 0.1) is 24.4 Å². The zero-order valence-electron chi connectivity index (χ0n) is 15.9. The lowest BCUT2D eigenvalue weighted by molar-refractivity contribution is -0.0186. The van der Waals surface area contributed by atoms with Gasteiger partial charge in [-0.15, -0.1) is 0 Å². The monoisotopic (exact) mass is 368 g/mol. The molecule has 5 rings (SSSR count). The van der Waals surface area contributed by atoms with Crippen LogP contribution in [0.5, 0.6) is 0 Å². The lowest BCUT2D eigenvalue weighted by Gasteiger charge is -2.35. The number of ether oxygens (including phenoxy) is 1. The number of rotatable bonds is 4. The summed E-state index contributed by atoms with van der Waals surface area (Å²) in [4.78, 5) is 13.4. The molecule has 2 aromatic rings. The van der Waals surface area contributed by atoms with E-state index < -0.39 is 0 Å². The zero-order chi connectivity index (χ0) is 18.6. The van der Waals surface area contributed by atoms with E-state index in [9.17, 15) is 0 Å². The first kappa shape index (κ1) is 16.8. The Morgan fingerprint density at radius 1 is 1.26 bits per heavy atom. The van der Waals surface area contributed by atoms with E-state index in [1.54, 1.807) is 18.6 Å². The van der Waals surface area contributed by atoms with Gasteiger partial charge in [-0.05, 0) is 25.7 Å². The molecule has 0 N–H and O–H groups in total. The van der Waals surface area contributed by atoms with Crippen molar-refractivity contribution in [3.8, 4) is 0 Å². The minimum Gasteiger partial charge on any atom is -0.373 e. The Kier molecular flexibility index (Phi) is 3.79. The van der Waals surface area contributed by atoms with Crippen LogP contribution in [0.25, 0.3) is 0 Å². The molecule has 4 atom stereocenters. The molecule has 0 aliphatic carbocycles. The van der Waals surface area contributed by atoms with Gasteiger partial charge in [-0.3, -0.25) is 4.98 Å². The second-order valence-electron chi connectivity index (χ2n) is 8.26. The summed E-state index contributed by atoms with van der Waals surface area (Å²) < 4.78 is 11.9. The largest absolute Gasteiger partial charge is 0.373 e. The summed E-state index contributed by atoms with van der Waals surface area (Å²) in [6, 6.07) is 0.102. The Morgan fingerprint density at radius 3 is 2.93 bits per heavy atom. The van der Waals surface area contributed by atoms with Crippen molar-refractivity contribution in [1.82, 2.24) is 20.1 Å². The first-order valence-electron chi connectivity index (χ1n) is 9.70. The van der Waals surface area contributed by atoms with Gasteiger partial charge in [0, 0.05) is 23.7 Å². The summed E-state index contributed by atoms with van der Waals surface area (Å²) in [6.07, 6.45) is 9.53. The first-order chi connectivity index (χ1) is 13.1. The number of fused-ring (bicyclic) bond motifs is 4. The van der Waals surface area contributed by atoms with Crippen LogP contribution in [0.3, 0.4) is 0 Å². The molecule has 0 spiro atoms. The van der Waals surface area contributed by atoms with Gasteiger partial charge in [0.15, 0.2) is 11.6 Å². The maximum absolute atomic E-state index is 6.19. The number of anilines is 1. The van der Waals surface area contributed by atoms with Gasteiger partial charge in [-0.25, -0.2) is 9.99 Å². The van der Waals surface area contributed by atoms with Crippen LogP contribution in [-0.2, 0) is 10.2 Å². The molecule has 5 heterocycles. The number of hydrogen-bond donors (Lipinski definition) is 0. The topological polar surface area (TPSA) is 89.5 Å². The van der Waals surface area contributed by atoms with E-state index in [-0.39, 0.29) is 29.6 Å². The average Bonchev–Trinajstić information content (AvgIpc) is 3.40. The van der Waals surface area contributed by atoms with E-state index in [0.717, 1.165) is 43.0 Å². The maximum Gasteiger partial charge on any atom is 0.274 e. The molecular formula is C19H24N6O2. The number of nitrogens with zero attached hydrogens (tertiary/aromatic N) is 6. The molecule has 2 aromatic heterocycles. The fourth-order valence-corrected chi connectivity index (χ4v) is 4.27. The third-order valence-electron chi connectivity index (χ3n) is 6.22. The van der Waals surface area contributed by atoms with Crippen LogP contribution in [-0.4, -0.2) is 44.1 Å². The molecule has 2 saturated heterocycles. The highest BCUT2D eigenvalue weighted by Gasteiger charge is 2.53. The first-order valence-corrected chi connectivity index (χ1v) is 9.70. The molecule has 8 nitrogen and oxygen atoms in total. The van der Waals surface area contributed by atoms with Gasteiger partial charge in [0.2, 0.25) is 0 Å². The Balaban J connectivity index is 1.55.